The third-order valence-corrected chi connectivity index (χ3v) is 5.00. The zero-order chi connectivity index (χ0) is 18.4. The first kappa shape index (κ1) is 16.6. The number of phenols is 2. The molecular weight excluding hydrogens is 332 g/mol. The fourth-order valence-corrected chi connectivity index (χ4v) is 3.72. The van der Waals surface area contributed by atoms with Crippen LogP contribution in [0, 0.1) is 0 Å². The molecule has 0 aliphatic carbocycles. The molecule has 2 atom stereocenters. The molecule has 2 aromatic carbocycles. The number of allylic oxidation sites excluding steroid dienone is 2. The van der Waals surface area contributed by atoms with Crippen molar-refractivity contribution in [1.82, 2.24) is 0 Å². The van der Waals surface area contributed by atoms with E-state index in [4.69, 9.17) is 14.2 Å². The van der Waals surface area contributed by atoms with E-state index >= 15 is 0 Å². The molecule has 0 amide bonds. The van der Waals surface area contributed by atoms with Crippen LogP contribution >= 0.6 is 0 Å². The summed E-state index contributed by atoms with van der Waals surface area (Å²) in [5, 5.41) is 20.2. The summed E-state index contributed by atoms with van der Waals surface area (Å²) in [7, 11) is 1.56. The minimum Gasteiger partial charge on any atom is -0.508 e. The van der Waals surface area contributed by atoms with Gasteiger partial charge in [-0.2, -0.15) is 0 Å². The van der Waals surface area contributed by atoms with Gasteiger partial charge in [0.2, 0.25) is 0 Å². The molecule has 0 spiro atoms. The molecule has 2 aliphatic heterocycles. The van der Waals surface area contributed by atoms with E-state index in [2.05, 4.69) is 6.08 Å². The third kappa shape index (κ3) is 2.55. The molecular formula is C21H22O5. The number of methoxy groups -OCH3 is 1. The highest BCUT2D eigenvalue weighted by molar-refractivity contribution is 5.60. The van der Waals surface area contributed by atoms with Crippen LogP contribution in [0.3, 0.4) is 0 Å². The van der Waals surface area contributed by atoms with Gasteiger partial charge in [-0.15, -0.1) is 0 Å². The van der Waals surface area contributed by atoms with Crippen LogP contribution in [0.2, 0.25) is 0 Å². The van der Waals surface area contributed by atoms with Crippen LogP contribution in [0.4, 0.5) is 0 Å². The van der Waals surface area contributed by atoms with Crippen LogP contribution < -0.4 is 14.2 Å². The maximum atomic E-state index is 10.4. The predicted molar refractivity (Wildman–Crippen MR) is 97.5 cm³/mol. The number of phenolic OH excluding ortho intramolecular Hbond substituents is 2. The standard InChI is InChI=1S/C21H22O5/c1-11(2)4-5-14-16(23)7-6-13-15-10-25-18-9-12(22)8-17(24-3)19(18)21(15)26-20(13)14/h4,6-9,15,21-23H,5,10H2,1-3H3/t15-,21-/m1/s1. The Kier molecular flexibility index (Phi) is 3.94. The first-order valence-electron chi connectivity index (χ1n) is 8.68. The molecule has 5 nitrogen and oxygen atoms in total. The normalized spacial score (nSPS) is 19.5. The summed E-state index contributed by atoms with van der Waals surface area (Å²) in [6.07, 6.45) is 2.41. The lowest BCUT2D eigenvalue weighted by Crippen LogP contribution is -2.23. The fourth-order valence-electron chi connectivity index (χ4n) is 3.72. The average molecular weight is 354 g/mol. The van der Waals surface area contributed by atoms with Crippen molar-refractivity contribution in [3.05, 3.63) is 52.6 Å². The highest BCUT2D eigenvalue weighted by atomic mass is 16.5. The van der Waals surface area contributed by atoms with Crippen molar-refractivity contribution in [1.29, 1.82) is 0 Å². The zero-order valence-corrected chi connectivity index (χ0v) is 15.1. The highest BCUT2D eigenvalue weighted by Gasteiger charge is 2.44. The number of ether oxygens (including phenoxy) is 3. The van der Waals surface area contributed by atoms with Gasteiger partial charge >= 0.3 is 0 Å². The summed E-state index contributed by atoms with van der Waals surface area (Å²) in [5.41, 5.74) is 3.80. The second kappa shape index (κ2) is 6.16. The van der Waals surface area contributed by atoms with Crippen molar-refractivity contribution in [2.24, 2.45) is 0 Å². The van der Waals surface area contributed by atoms with Crippen molar-refractivity contribution in [2.75, 3.05) is 13.7 Å². The molecule has 0 bridgehead atoms. The Balaban J connectivity index is 1.81. The quantitative estimate of drug-likeness (QED) is 0.808. The van der Waals surface area contributed by atoms with E-state index in [9.17, 15) is 10.2 Å². The molecule has 2 heterocycles. The lowest BCUT2D eigenvalue weighted by atomic mass is 9.88. The van der Waals surface area contributed by atoms with Crippen molar-refractivity contribution in [3.8, 4) is 28.7 Å². The van der Waals surface area contributed by atoms with E-state index in [0.717, 1.165) is 22.4 Å². The van der Waals surface area contributed by atoms with Crippen molar-refractivity contribution < 1.29 is 24.4 Å². The van der Waals surface area contributed by atoms with Crippen molar-refractivity contribution >= 4 is 0 Å². The zero-order valence-electron chi connectivity index (χ0n) is 15.1. The van der Waals surface area contributed by atoms with Gasteiger partial charge in [0.05, 0.1) is 25.2 Å². The molecule has 2 aromatic rings. The minimum atomic E-state index is -0.267. The van der Waals surface area contributed by atoms with Crippen molar-refractivity contribution in [3.63, 3.8) is 0 Å². The number of fused-ring (bicyclic) bond motifs is 5. The van der Waals surface area contributed by atoms with E-state index in [1.54, 1.807) is 25.3 Å². The van der Waals surface area contributed by atoms with Crippen molar-refractivity contribution in [2.45, 2.75) is 32.3 Å². The lowest BCUT2D eigenvalue weighted by molar-refractivity contribution is 0.134. The van der Waals surface area contributed by atoms with Crippen LogP contribution in [0.25, 0.3) is 0 Å². The molecule has 0 aromatic heterocycles. The average Bonchev–Trinajstić information content (AvgIpc) is 2.98. The van der Waals surface area contributed by atoms with Gasteiger partial charge in [0, 0.05) is 23.3 Å². The van der Waals surface area contributed by atoms with Crippen LogP contribution in [-0.2, 0) is 6.42 Å². The van der Waals surface area contributed by atoms with Gasteiger partial charge in [-0.25, -0.2) is 0 Å². The molecule has 0 saturated carbocycles. The summed E-state index contributed by atoms with van der Waals surface area (Å²) in [6.45, 7) is 4.51. The molecule has 2 N–H and O–H groups in total. The topological polar surface area (TPSA) is 68.2 Å². The predicted octanol–water partition coefficient (Wildman–Crippen LogP) is 4.22. The van der Waals surface area contributed by atoms with E-state index in [1.165, 1.54) is 5.57 Å². The van der Waals surface area contributed by atoms with Crippen LogP contribution in [0.15, 0.2) is 35.9 Å². The summed E-state index contributed by atoms with van der Waals surface area (Å²) in [6, 6.07) is 6.78. The molecule has 0 radical (unpaired) electrons. The van der Waals surface area contributed by atoms with Crippen LogP contribution in [0.5, 0.6) is 28.7 Å². The molecule has 26 heavy (non-hydrogen) atoms. The van der Waals surface area contributed by atoms with Gasteiger partial charge in [-0.3, -0.25) is 0 Å². The first-order valence-corrected chi connectivity index (χ1v) is 8.68. The number of aromatic hydroxyl groups is 2. The van der Waals surface area contributed by atoms with E-state index in [0.29, 0.717) is 24.5 Å². The Morgan fingerprint density at radius 3 is 2.81 bits per heavy atom. The highest BCUT2D eigenvalue weighted by Crippen LogP contribution is 2.56. The van der Waals surface area contributed by atoms with Gasteiger partial charge in [-0.1, -0.05) is 17.7 Å². The second-order valence-corrected chi connectivity index (χ2v) is 6.98. The summed E-state index contributed by atoms with van der Waals surface area (Å²) < 4.78 is 17.7. The molecule has 0 unspecified atom stereocenters. The van der Waals surface area contributed by atoms with Crippen LogP contribution in [-0.4, -0.2) is 23.9 Å². The summed E-state index contributed by atoms with van der Waals surface area (Å²) in [5.74, 6) is 2.18. The van der Waals surface area contributed by atoms with E-state index in [1.807, 2.05) is 19.9 Å². The summed E-state index contributed by atoms with van der Waals surface area (Å²) >= 11 is 0. The molecule has 5 heteroatoms. The van der Waals surface area contributed by atoms with Gasteiger partial charge in [0.1, 0.15) is 34.9 Å². The Hall–Kier alpha value is -2.82. The smallest absolute Gasteiger partial charge is 0.141 e. The third-order valence-electron chi connectivity index (χ3n) is 5.00. The maximum absolute atomic E-state index is 10.4. The molecule has 0 fully saturated rings. The van der Waals surface area contributed by atoms with E-state index < -0.39 is 0 Å². The fraction of sp³-hybridized carbons (Fsp3) is 0.333. The van der Waals surface area contributed by atoms with E-state index in [-0.39, 0.29) is 23.5 Å². The number of hydrogen-bond donors (Lipinski definition) is 2. The van der Waals surface area contributed by atoms with Crippen LogP contribution in [0.1, 0.15) is 42.6 Å². The number of rotatable bonds is 3. The largest absolute Gasteiger partial charge is 0.508 e. The van der Waals surface area contributed by atoms with Gasteiger partial charge in [-0.05, 0) is 26.3 Å². The summed E-state index contributed by atoms with van der Waals surface area (Å²) in [4.78, 5) is 0. The van der Waals surface area contributed by atoms with Gasteiger partial charge in [0.15, 0.2) is 0 Å². The second-order valence-electron chi connectivity index (χ2n) is 6.98. The SMILES string of the molecule is COc1cc(O)cc2c1[C@@H]1Oc3c(ccc(O)c3CC=C(C)C)[C@H]1CO2. The minimum absolute atomic E-state index is 0.0157. The Bertz CT molecular complexity index is 879. The Labute approximate surface area is 152 Å². The molecule has 2 aliphatic rings. The Morgan fingerprint density at radius 2 is 2.08 bits per heavy atom. The first-order chi connectivity index (χ1) is 12.5. The number of benzene rings is 2. The Morgan fingerprint density at radius 1 is 1.27 bits per heavy atom. The molecule has 4 rings (SSSR count). The van der Waals surface area contributed by atoms with Gasteiger partial charge in [0.25, 0.3) is 0 Å². The maximum Gasteiger partial charge on any atom is 0.141 e. The monoisotopic (exact) mass is 354 g/mol. The van der Waals surface area contributed by atoms with Gasteiger partial charge < -0.3 is 24.4 Å². The molecule has 0 saturated heterocycles. The lowest BCUT2D eigenvalue weighted by Gasteiger charge is -2.29. The molecule has 136 valence electrons. The number of hydrogen-bond acceptors (Lipinski definition) is 5.